The zero-order valence-electron chi connectivity index (χ0n) is 7.78. The summed E-state index contributed by atoms with van der Waals surface area (Å²) >= 11 is 0. The molecule has 4 N–H and O–H groups in total. The van der Waals surface area contributed by atoms with Gasteiger partial charge in [0.15, 0.2) is 6.10 Å². The molecule has 0 saturated carbocycles. The number of hydrogen-bond acceptors (Lipinski definition) is 5. The molecular formula is C8H13FO6. The third-order valence-corrected chi connectivity index (χ3v) is 2.32. The lowest BCUT2D eigenvalue weighted by Crippen LogP contribution is -2.55. The first kappa shape index (κ1) is 12.3. The summed E-state index contributed by atoms with van der Waals surface area (Å²) in [4.78, 5) is 10.6. The normalized spacial score (nSPS) is 38.7. The summed E-state index contributed by atoms with van der Waals surface area (Å²) in [5, 5.41) is 36.4. The topological polar surface area (TPSA) is 107 Å². The second-order valence-corrected chi connectivity index (χ2v) is 3.44. The fourth-order valence-corrected chi connectivity index (χ4v) is 1.47. The van der Waals surface area contributed by atoms with Crippen LogP contribution in [0.25, 0.3) is 0 Å². The molecule has 1 fully saturated rings. The quantitative estimate of drug-likeness (QED) is 0.454. The Morgan fingerprint density at radius 3 is 2.60 bits per heavy atom. The van der Waals surface area contributed by atoms with Crippen LogP contribution >= 0.6 is 0 Å². The van der Waals surface area contributed by atoms with E-state index in [9.17, 15) is 19.4 Å². The highest BCUT2D eigenvalue weighted by atomic mass is 19.1. The van der Waals surface area contributed by atoms with E-state index < -0.39 is 43.2 Å². The van der Waals surface area contributed by atoms with Gasteiger partial charge in [-0.3, -0.25) is 0 Å². The van der Waals surface area contributed by atoms with Gasteiger partial charge in [-0.15, -0.1) is 0 Å². The van der Waals surface area contributed by atoms with E-state index in [4.69, 9.17) is 14.9 Å². The average molecular weight is 224 g/mol. The van der Waals surface area contributed by atoms with E-state index in [1.54, 1.807) is 0 Å². The molecule has 6 nitrogen and oxygen atoms in total. The minimum Gasteiger partial charge on any atom is -0.479 e. The van der Waals surface area contributed by atoms with E-state index in [1.807, 2.05) is 0 Å². The average Bonchev–Trinajstić information content (AvgIpc) is 2.20. The van der Waals surface area contributed by atoms with Crippen LogP contribution in [0, 0.1) is 0 Å². The number of aliphatic hydroxyl groups excluding tert-OH is 3. The molecule has 15 heavy (non-hydrogen) atoms. The number of hydrogen-bond donors (Lipinski definition) is 4. The van der Waals surface area contributed by atoms with E-state index in [0.29, 0.717) is 0 Å². The first-order valence-corrected chi connectivity index (χ1v) is 4.45. The number of carboxylic acids is 1. The molecule has 1 aliphatic rings. The van der Waals surface area contributed by atoms with Crippen molar-refractivity contribution in [1.29, 1.82) is 0 Å². The number of halogens is 1. The second kappa shape index (κ2) is 4.84. The Balaban J connectivity index is 2.72. The van der Waals surface area contributed by atoms with Crippen molar-refractivity contribution in [3.05, 3.63) is 0 Å². The molecule has 0 aliphatic carbocycles. The maximum Gasteiger partial charge on any atom is 0.332 e. The molecule has 1 aliphatic heterocycles. The highest BCUT2D eigenvalue weighted by Crippen LogP contribution is 2.23. The van der Waals surface area contributed by atoms with E-state index in [2.05, 4.69) is 0 Å². The van der Waals surface area contributed by atoms with Gasteiger partial charge in [0, 0.05) is 6.42 Å². The monoisotopic (exact) mass is 224 g/mol. The number of carboxylic acid groups (broad SMARTS) is 1. The third-order valence-electron chi connectivity index (χ3n) is 2.32. The SMILES string of the molecule is O=C(O)[C@@H]1C[C@@H](O)[C@@H](O)[C@@H]([C@H](O)CF)O1. The summed E-state index contributed by atoms with van der Waals surface area (Å²) in [6.45, 7) is -1.18. The lowest BCUT2D eigenvalue weighted by atomic mass is 9.95. The molecule has 7 heteroatoms. The summed E-state index contributed by atoms with van der Waals surface area (Å²) in [5.41, 5.74) is 0. The predicted molar refractivity (Wildman–Crippen MR) is 44.9 cm³/mol. The van der Waals surface area contributed by atoms with Crippen molar-refractivity contribution < 1.29 is 34.3 Å². The zero-order valence-corrected chi connectivity index (χ0v) is 7.78. The molecule has 1 saturated heterocycles. The summed E-state index contributed by atoms with van der Waals surface area (Å²) < 4.78 is 16.9. The van der Waals surface area contributed by atoms with Crippen LogP contribution in [0.5, 0.6) is 0 Å². The number of aliphatic carboxylic acids is 1. The number of ether oxygens (including phenoxy) is 1. The largest absolute Gasteiger partial charge is 0.479 e. The van der Waals surface area contributed by atoms with Gasteiger partial charge in [0.25, 0.3) is 0 Å². The Morgan fingerprint density at radius 2 is 2.13 bits per heavy atom. The summed E-state index contributed by atoms with van der Waals surface area (Å²) in [6, 6.07) is 0. The Kier molecular flexibility index (Phi) is 3.97. The van der Waals surface area contributed by atoms with Crippen molar-refractivity contribution in [1.82, 2.24) is 0 Å². The van der Waals surface area contributed by atoms with Crippen molar-refractivity contribution in [2.45, 2.75) is 36.9 Å². The molecule has 0 amide bonds. The van der Waals surface area contributed by atoms with Gasteiger partial charge < -0.3 is 25.2 Å². The van der Waals surface area contributed by atoms with Gasteiger partial charge in [-0.25, -0.2) is 9.18 Å². The summed E-state index contributed by atoms with van der Waals surface area (Å²) in [5.74, 6) is -1.32. The standard InChI is InChI=1S/C8H13FO6/c9-2-4(11)7-6(12)3(10)1-5(15-7)8(13)14/h3-7,10-12H,1-2H2,(H,13,14)/t3-,4-,5+,6-,7-/m1/s1. The van der Waals surface area contributed by atoms with Crippen LogP contribution in [0.3, 0.4) is 0 Å². The van der Waals surface area contributed by atoms with Crippen molar-refractivity contribution in [3.63, 3.8) is 0 Å². The van der Waals surface area contributed by atoms with E-state index in [-0.39, 0.29) is 6.42 Å². The van der Waals surface area contributed by atoms with Gasteiger partial charge in [-0.05, 0) is 0 Å². The van der Waals surface area contributed by atoms with Gasteiger partial charge in [-0.1, -0.05) is 0 Å². The maximum absolute atomic E-state index is 12.1. The molecule has 0 aromatic heterocycles. The minimum atomic E-state index is -1.64. The van der Waals surface area contributed by atoms with Crippen LogP contribution in [-0.4, -0.2) is 63.6 Å². The van der Waals surface area contributed by atoms with Crippen LogP contribution in [0.4, 0.5) is 4.39 Å². The first-order chi connectivity index (χ1) is 6.97. The van der Waals surface area contributed by atoms with Crippen LogP contribution in [0.15, 0.2) is 0 Å². The Labute approximate surface area is 84.9 Å². The van der Waals surface area contributed by atoms with Crippen molar-refractivity contribution in [2.75, 3.05) is 6.67 Å². The molecule has 5 atom stereocenters. The number of alkyl halides is 1. The number of carbonyl (C=O) groups is 1. The highest BCUT2D eigenvalue weighted by Gasteiger charge is 2.42. The fourth-order valence-electron chi connectivity index (χ4n) is 1.47. The van der Waals surface area contributed by atoms with Crippen LogP contribution in [0.1, 0.15) is 6.42 Å². The molecule has 0 bridgehead atoms. The zero-order chi connectivity index (χ0) is 11.6. The molecule has 1 rings (SSSR count). The van der Waals surface area contributed by atoms with Gasteiger partial charge >= 0.3 is 5.97 Å². The highest BCUT2D eigenvalue weighted by molar-refractivity contribution is 5.72. The van der Waals surface area contributed by atoms with E-state index >= 15 is 0 Å². The van der Waals surface area contributed by atoms with Crippen molar-refractivity contribution >= 4 is 5.97 Å². The summed E-state index contributed by atoms with van der Waals surface area (Å²) in [6.07, 6.45) is -7.50. The van der Waals surface area contributed by atoms with Gasteiger partial charge in [-0.2, -0.15) is 0 Å². The van der Waals surface area contributed by atoms with Crippen LogP contribution in [0.2, 0.25) is 0 Å². The fraction of sp³-hybridized carbons (Fsp3) is 0.875. The lowest BCUT2D eigenvalue weighted by molar-refractivity contribution is -0.210. The van der Waals surface area contributed by atoms with Gasteiger partial charge in [0.2, 0.25) is 0 Å². The van der Waals surface area contributed by atoms with Crippen LogP contribution < -0.4 is 0 Å². The molecule has 0 aromatic rings. The smallest absolute Gasteiger partial charge is 0.332 e. The Morgan fingerprint density at radius 1 is 1.53 bits per heavy atom. The first-order valence-electron chi connectivity index (χ1n) is 4.45. The predicted octanol–water partition coefficient (Wildman–Crippen LogP) is -1.72. The van der Waals surface area contributed by atoms with Gasteiger partial charge in [0.1, 0.15) is 25.0 Å². The molecule has 0 unspecified atom stereocenters. The number of aliphatic hydroxyl groups is 3. The molecule has 1 heterocycles. The number of rotatable bonds is 3. The second-order valence-electron chi connectivity index (χ2n) is 3.44. The summed E-state index contributed by atoms with van der Waals surface area (Å²) in [7, 11) is 0. The molecule has 88 valence electrons. The van der Waals surface area contributed by atoms with Crippen LogP contribution in [-0.2, 0) is 9.53 Å². The Hall–Kier alpha value is -0.760. The lowest BCUT2D eigenvalue weighted by Gasteiger charge is -2.37. The third kappa shape index (κ3) is 2.63. The maximum atomic E-state index is 12.1. The molecule has 0 aromatic carbocycles. The van der Waals surface area contributed by atoms with Gasteiger partial charge in [0.05, 0.1) is 6.10 Å². The minimum absolute atomic E-state index is 0.286. The van der Waals surface area contributed by atoms with E-state index in [1.165, 1.54) is 0 Å². The van der Waals surface area contributed by atoms with Crippen molar-refractivity contribution in [2.24, 2.45) is 0 Å². The van der Waals surface area contributed by atoms with Crippen molar-refractivity contribution in [3.8, 4) is 0 Å². The van der Waals surface area contributed by atoms with E-state index in [0.717, 1.165) is 0 Å². The molecule has 0 spiro atoms. The molecular weight excluding hydrogens is 211 g/mol. The Bertz CT molecular complexity index is 235. The molecule has 0 radical (unpaired) electrons.